The Bertz CT molecular complexity index is 1370. The number of dihydropyridines is 1. The molecule has 13 heteroatoms. The summed E-state index contributed by atoms with van der Waals surface area (Å²) < 4.78 is 35.1. The van der Waals surface area contributed by atoms with Gasteiger partial charge in [-0.1, -0.05) is 0 Å². The van der Waals surface area contributed by atoms with E-state index < -0.39 is 28.0 Å². The Labute approximate surface area is 234 Å². The first-order valence-corrected chi connectivity index (χ1v) is 15.3. The molecule has 4 aliphatic heterocycles. The van der Waals surface area contributed by atoms with Crippen molar-refractivity contribution in [2.24, 2.45) is 0 Å². The number of allylic oxidation sites excluding steroid dienone is 2. The predicted molar refractivity (Wildman–Crippen MR) is 153 cm³/mol. The highest BCUT2D eigenvalue weighted by molar-refractivity contribution is 7.92. The third-order valence-electron chi connectivity index (χ3n) is 7.37. The highest BCUT2D eigenvalue weighted by Gasteiger charge is 2.34. The van der Waals surface area contributed by atoms with Crippen LogP contribution in [0.3, 0.4) is 0 Å². The number of nitrogens with one attached hydrogen (secondary N) is 4. The SMILES string of the molecule is CC12NCCCCOC3CCN(CC3)c3cc(NS(=O)(=O)CCO)ccc3C(=O)NC(=CC=C1n1cccn1)N2. The average Bonchev–Trinajstić information content (AvgIpc) is 3.45. The van der Waals surface area contributed by atoms with Gasteiger partial charge in [0.25, 0.3) is 5.91 Å². The van der Waals surface area contributed by atoms with Crippen molar-refractivity contribution in [3.05, 3.63) is 60.2 Å². The van der Waals surface area contributed by atoms with Crippen molar-refractivity contribution in [1.29, 1.82) is 0 Å². The molecule has 40 heavy (non-hydrogen) atoms. The van der Waals surface area contributed by atoms with Crippen LogP contribution >= 0.6 is 0 Å². The van der Waals surface area contributed by atoms with Gasteiger partial charge in [-0.05, 0) is 75.6 Å². The van der Waals surface area contributed by atoms with Crippen molar-refractivity contribution in [3.8, 4) is 0 Å². The Balaban J connectivity index is 1.48. The van der Waals surface area contributed by atoms with E-state index in [1.54, 1.807) is 29.1 Å². The van der Waals surface area contributed by atoms with E-state index in [0.29, 0.717) is 42.5 Å². The summed E-state index contributed by atoms with van der Waals surface area (Å²) in [5.41, 5.74) is 1.57. The maximum atomic E-state index is 13.7. The van der Waals surface area contributed by atoms with Crippen LogP contribution in [0.5, 0.6) is 0 Å². The standard InChI is InChI=1S/C27H37N7O5S/c1-27-24(34-13-4-12-29-34)7-8-25(31-27)30-26(36)22-6-5-20(32-40(37,38)18-16-35)19-23(22)33-14-9-21(10-15-33)39-17-3-2-11-28-27/h4-8,12-13,19,21,28,31-32,35H,2-3,9-11,14-18H2,1H3,(H,30,36). The molecule has 4 aliphatic rings. The van der Waals surface area contributed by atoms with E-state index in [1.165, 1.54) is 0 Å². The van der Waals surface area contributed by atoms with E-state index in [1.807, 2.05) is 31.3 Å². The molecule has 4 bridgehead atoms. The number of hydrogen-bond acceptors (Lipinski definition) is 9. The summed E-state index contributed by atoms with van der Waals surface area (Å²) >= 11 is 0. The van der Waals surface area contributed by atoms with E-state index in [0.717, 1.165) is 37.9 Å². The Morgan fingerprint density at radius 3 is 2.80 bits per heavy atom. The second kappa shape index (κ2) is 12.0. The number of rotatable bonds is 5. The van der Waals surface area contributed by atoms with Gasteiger partial charge in [0.2, 0.25) is 10.0 Å². The molecular formula is C27H37N7O5S. The number of ether oxygens (including phenoxy) is 1. The minimum Gasteiger partial charge on any atom is -0.395 e. The second-order valence-corrected chi connectivity index (χ2v) is 12.2. The van der Waals surface area contributed by atoms with E-state index in [-0.39, 0.29) is 12.0 Å². The molecule has 0 spiro atoms. The fourth-order valence-electron chi connectivity index (χ4n) is 5.30. The molecule has 0 radical (unpaired) electrons. The Morgan fingerprint density at radius 2 is 2.05 bits per heavy atom. The number of sulfonamides is 1. The van der Waals surface area contributed by atoms with Crippen LogP contribution in [0.15, 0.2) is 54.6 Å². The lowest BCUT2D eigenvalue weighted by Gasteiger charge is -2.38. The van der Waals surface area contributed by atoms with Crippen molar-refractivity contribution < 1.29 is 23.1 Å². The molecule has 1 fully saturated rings. The van der Waals surface area contributed by atoms with E-state index in [2.05, 4.69) is 30.7 Å². The molecule has 6 rings (SSSR count). The molecule has 1 aromatic carbocycles. The number of anilines is 2. The smallest absolute Gasteiger partial charge is 0.258 e. The van der Waals surface area contributed by atoms with Crippen LogP contribution in [0.2, 0.25) is 0 Å². The van der Waals surface area contributed by atoms with Gasteiger partial charge in [0.05, 0.1) is 41.1 Å². The zero-order chi connectivity index (χ0) is 28.2. The second-order valence-electron chi connectivity index (χ2n) is 10.4. The Hall–Kier alpha value is -3.39. The molecule has 1 unspecified atom stereocenters. The number of nitrogens with zero attached hydrogens (tertiary/aromatic N) is 3. The summed E-state index contributed by atoms with van der Waals surface area (Å²) in [6.45, 7) is 4.29. The molecule has 5 heterocycles. The summed E-state index contributed by atoms with van der Waals surface area (Å²) in [4.78, 5) is 15.8. The number of hydrogen-bond donors (Lipinski definition) is 5. The lowest BCUT2D eigenvalue weighted by molar-refractivity contribution is 0.0348. The van der Waals surface area contributed by atoms with Crippen molar-refractivity contribution >= 4 is 33.0 Å². The first-order valence-electron chi connectivity index (χ1n) is 13.7. The van der Waals surface area contributed by atoms with Crippen molar-refractivity contribution in [2.75, 3.05) is 48.2 Å². The van der Waals surface area contributed by atoms with Crippen LogP contribution < -0.4 is 25.6 Å². The van der Waals surface area contributed by atoms with E-state index in [9.17, 15) is 13.2 Å². The molecule has 1 aromatic heterocycles. The first-order chi connectivity index (χ1) is 19.3. The number of fused-ring (bicyclic) bond motifs is 8. The quantitative estimate of drug-likeness (QED) is 0.359. The Kier molecular flexibility index (Phi) is 8.45. The number of aliphatic hydroxyl groups is 1. The van der Waals surface area contributed by atoms with Gasteiger partial charge in [0, 0.05) is 32.1 Å². The van der Waals surface area contributed by atoms with Gasteiger partial charge in [-0.2, -0.15) is 5.10 Å². The minimum absolute atomic E-state index is 0.140. The van der Waals surface area contributed by atoms with Crippen molar-refractivity contribution in [3.63, 3.8) is 0 Å². The van der Waals surface area contributed by atoms with Gasteiger partial charge in [-0.25, -0.2) is 13.1 Å². The van der Waals surface area contributed by atoms with Gasteiger partial charge in [-0.15, -0.1) is 0 Å². The molecule has 2 aromatic rings. The highest BCUT2D eigenvalue weighted by atomic mass is 32.2. The summed E-state index contributed by atoms with van der Waals surface area (Å²) in [5.74, 6) is -0.200. The fraction of sp³-hybridized carbons (Fsp3) is 0.481. The number of aliphatic hydroxyl groups excluding tert-OH is 1. The minimum atomic E-state index is -3.72. The zero-order valence-electron chi connectivity index (χ0n) is 22.6. The van der Waals surface area contributed by atoms with Gasteiger partial charge < -0.3 is 25.4 Å². The zero-order valence-corrected chi connectivity index (χ0v) is 23.4. The number of carbonyl (C=O) groups is 1. The van der Waals surface area contributed by atoms with E-state index >= 15 is 0 Å². The normalized spacial score (nSPS) is 24.2. The fourth-order valence-corrected chi connectivity index (χ4v) is 6.12. The van der Waals surface area contributed by atoms with E-state index in [4.69, 9.17) is 9.84 Å². The Morgan fingerprint density at radius 1 is 1.23 bits per heavy atom. The maximum absolute atomic E-state index is 13.7. The monoisotopic (exact) mass is 571 g/mol. The average molecular weight is 572 g/mol. The van der Waals surface area contributed by atoms with Crippen molar-refractivity contribution in [1.82, 2.24) is 25.7 Å². The predicted octanol–water partition coefficient (Wildman–Crippen LogP) is 1.42. The third-order valence-corrected chi connectivity index (χ3v) is 8.63. The van der Waals surface area contributed by atoms with Crippen molar-refractivity contribution in [2.45, 2.75) is 44.4 Å². The lowest BCUT2D eigenvalue weighted by Crippen LogP contribution is -2.59. The number of amides is 1. The molecule has 0 saturated carbocycles. The van der Waals surface area contributed by atoms with Crippen LogP contribution in [0.1, 0.15) is 43.0 Å². The van der Waals surface area contributed by atoms with Crippen LogP contribution in [0, 0.1) is 0 Å². The number of carbonyl (C=O) groups excluding carboxylic acids is 1. The number of benzene rings is 1. The molecule has 216 valence electrons. The first kappa shape index (κ1) is 28.1. The molecule has 1 amide bonds. The largest absolute Gasteiger partial charge is 0.395 e. The van der Waals surface area contributed by atoms with Crippen LogP contribution in [-0.2, 0) is 14.8 Å². The summed E-state index contributed by atoms with van der Waals surface area (Å²) in [6.07, 6.45) is 10.9. The molecule has 5 N–H and O–H groups in total. The molecular weight excluding hydrogens is 534 g/mol. The number of piperidine rings is 1. The lowest BCUT2D eigenvalue weighted by atomic mass is 10.0. The molecule has 1 saturated heterocycles. The van der Waals surface area contributed by atoms with Gasteiger partial charge in [0.1, 0.15) is 11.5 Å². The third kappa shape index (κ3) is 6.49. The molecule has 12 nitrogen and oxygen atoms in total. The van der Waals surface area contributed by atoms with Crippen LogP contribution in [-0.4, -0.2) is 79.6 Å². The number of aromatic nitrogens is 2. The van der Waals surface area contributed by atoms with Gasteiger partial charge in [0.15, 0.2) is 0 Å². The van der Waals surface area contributed by atoms with Gasteiger partial charge in [-0.3, -0.25) is 14.8 Å². The maximum Gasteiger partial charge on any atom is 0.258 e. The molecule has 1 atom stereocenters. The summed E-state index contributed by atoms with van der Waals surface area (Å²) in [5, 5.41) is 23.5. The topological polar surface area (TPSA) is 150 Å². The summed E-state index contributed by atoms with van der Waals surface area (Å²) in [6, 6.07) is 6.74. The highest BCUT2D eigenvalue weighted by Crippen LogP contribution is 2.30. The summed E-state index contributed by atoms with van der Waals surface area (Å²) in [7, 11) is -3.72. The molecule has 0 aliphatic carbocycles. The van der Waals surface area contributed by atoms with Crippen LogP contribution in [0.25, 0.3) is 5.70 Å². The van der Waals surface area contributed by atoms with Gasteiger partial charge >= 0.3 is 0 Å². The van der Waals surface area contributed by atoms with Crippen LogP contribution in [0.4, 0.5) is 11.4 Å².